The lowest BCUT2D eigenvalue weighted by Gasteiger charge is -2.08. The first-order valence-electron chi connectivity index (χ1n) is 6.78. The van der Waals surface area contributed by atoms with Crippen LogP contribution in [0.4, 0.5) is 0 Å². The van der Waals surface area contributed by atoms with Crippen molar-refractivity contribution in [1.82, 2.24) is 15.0 Å². The summed E-state index contributed by atoms with van der Waals surface area (Å²) in [7, 11) is 0. The third-order valence-electron chi connectivity index (χ3n) is 3.25. The Labute approximate surface area is 126 Å². The predicted octanol–water partition coefficient (Wildman–Crippen LogP) is 2.70. The molecule has 0 saturated carbocycles. The first-order valence-corrected chi connectivity index (χ1v) is 6.78. The van der Waals surface area contributed by atoms with Crippen LogP contribution in [-0.4, -0.2) is 20.7 Å². The van der Waals surface area contributed by atoms with Gasteiger partial charge < -0.3 is 4.98 Å². The topological polar surface area (TPSA) is 75.7 Å². The molecular formula is C17H13N3O2. The molecule has 0 aliphatic rings. The van der Waals surface area contributed by atoms with E-state index in [1.165, 1.54) is 6.92 Å². The number of aromatic nitrogens is 3. The van der Waals surface area contributed by atoms with E-state index in [1.54, 1.807) is 24.5 Å². The fraction of sp³-hybridized carbons (Fsp3) is 0.0588. The molecule has 0 atom stereocenters. The molecule has 0 saturated heterocycles. The first-order chi connectivity index (χ1) is 10.7. The standard InChI is InChI=1S/C17H13N3O2/c1-11(21)14-15(13-8-5-9-18-10-13)19-16(20-17(14)22)12-6-3-2-4-7-12/h2-10H,1H3,(H,19,20,22). The van der Waals surface area contributed by atoms with E-state index in [2.05, 4.69) is 15.0 Å². The van der Waals surface area contributed by atoms with Gasteiger partial charge in [0.15, 0.2) is 5.78 Å². The molecule has 1 N–H and O–H groups in total. The number of H-pyrrole nitrogens is 1. The number of carbonyl (C=O) groups is 1. The molecule has 5 nitrogen and oxygen atoms in total. The van der Waals surface area contributed by atoms with E-state index in [9.17, 15) is 9.59 Å². The van der Waals surface area contributed by atoms with Gasteiger partial charge in [-0.25, -0.2) is 4.98 Å². The summed E-state index contributed by atoms with van der Waals surface area (Å²) < 4.78 is 0. The molecule has 0 spiro atoms. The summed E-state index contributed by atoms with van der Waals surface area (Å²) >= 11 is 0. The van der Waals surface area contributed by atoms with Crippen LogP contribution >= 0.6 is 0 Å². The van der Waals surface area contributed by atoms with Crippen LogP contribution in [0.25, 0.3) is 22.6 Å². The van der Waals surface area contributed by atoms with Crippen LogP contribution in [0.3, 0.4) is 0 Å². The first kappa shape index (κ1) is 13.9. The van der Waals surface area contributed by atoms with Gasteiger partial charge >= 0.3 is 0 Å². The Morgan fingerprint density at radius 2 is 1.77 bits per heavy atom. The van der Waals surface area contributed by atoms with Crippen molar-refractivity contribution in [2.45, 2.75) is 6.92 Å². The SMILES string of the molecule is CC(=O)c1c(-c2cccnc2)nc(-c2ccccc2)[nH]c1=O. The van der Waals surface area contributed by atoms with E-state index in [0.29, 0.717) is 17.1 Å². The van der Waals surface area contributed by atoms with Gasteiger partial charge in [-0.15, -0.1) is 0 Å². The third kappa shape index (κ3) is 2.56. The monoisotopic (exact) mass is 291 g/mol. The minimum Gasteiger partial charge on any atom is -0.306 e. The maximum atomic E-state index is 12.3. The highest BCUT2D eigenvalue weighted by Crippen LogP contribution is 2.22. The molecule has 1 aromatic carbocycles. The highest BCUT2D eigenvalue weighted by atomic mass is 16.1. The third-order valence-corrected chi connectivity index (χ3v) is 3.25. The number of hydrogen-bond donors (Lipinski definition) is 1. The zero-order valence-electron chi connectivity index (χ0n) is 11.9. The minimum atomic E-state index is -0.444. The Morgan fingerprint density at radius 1 is 1.05 bits per heavy atom. The van der Waals surface area contributed by atoms with Crippen molar-refractivity contribution in [2.75, 3.05) is 0 Å². The van der Waals surface area contributed by atoms with Gasteiger partial charge in [-0.1, -0.05) is 30.3 Å². The Hall–Kier alpha value is -3.08. The van der Waals surface area contributed by atoms with Crippen LogP contribution in [0.2, 0.25) is 0 Å². The van der Waals surface area contributed by atoms with Gasteiger partial charge in [-0.2, -0.15) is 0 Å². The molecular weight excluding hydrogens is 278 g/mol. The molecule has 3 aromatic rings. The lowest BCUT2D eigenvalue weighted by Crippen LogP contribution is -2.20. The largest absolute Gasteiger partial charge is 0.306 e. The molecule has 0 aliphatic carbocycles. The fourth-order valence-electron chi connectivity index (χ4n) is 2.24. The van der Waals surface area contributed by atoms with Gasteiger partial charge in [0.1, 0.15) is 11.4 Å². The van der Waals surface area contributed by atoms with Gasteiger partial charge in [0.25, 0.3) is 5.56 Å². The summed E-state index contributed by atoms with van der Waals surface area (Å²) in [6, 6.07) is 12.8. The Balaban J connectivity index is 2.29. The average Bonchev–Trinajstić information content (AvgIpc) is 2.55. The van der Waals surface area contributed by atoms with Crippen molar-refractivity contribution in [1.29, 1.82) is 0 Å². The second-order valence-corrected chi connectivity index (χ2v) is 4.80. The second kappa shape index (κ2) is 5.73. The molecule has 3 rings (SSSR count). The second-order valence-electron chi connectivity index (χ2n) is 4.80. The summed E-state index contributed by atoms with van der Waals surface area (Å²) in [6.45, 7) is 1.36. The fourth-order valence-corrected chi connectivity index (χ4v) is 2.24. The lowest BCUT2D eigenvalue weighted by molar-refractivity contribution is 0.101. The number of aromatic amines is 1. The van der Waals surface area contributed by atoms with Crippen molar-refractivity contribution in [3.8, 4) is 22.6 Å². The van der Waals surface area contributed by atoms with Crippen LogP contribution in [-0.2, 0) is 0 Å². The smallest absolute Gasteiger partial charge is 0.262 e. The Kier molecular flexibility index (Phi) is 3.62. The van der Waals surface area contributed by atoms with Crippen LogP contribution in [0.5, 0.6) is 0 Å². The summed E-state index contributed by atoms with van der Waals surface area (Å²) in [6.07, 6.45) is 3.21. The molecule has 0 unspecified atom stereocenters. The number of Topliss-reactive ketones (excluding diaryl/α,β-unsaturated/α-hetero) is 1. The van der Waals surface area contributed by atoms with E-state index in [-0.39, 0.29) is 11.3 Å². The number of hydrogen-bond acceptors (Lipinski definition) is 4. The van der Waals surface area contributed by atoms with Crippen LogP contribution in [0, 0.1) is 0 Å². The molecule has 5 heteroatoms. The van der Waals surface area contributed by atoms with Crippen molar-refractivity contribution < 1.29 is 4.79 Å². The minimum absolute atomic E-state index is 0.0488. The maximum absolute atomic E-state index is 12.3. The van der Waals surface area contributed by atoms with Crippen molar-refractivity contribution in [2.24, 2.45) is 0 Å². The number of rotatable bonds is 3. The van der Waals surface area contributed by atoms with Crippen LogP contribution in [0.1, 0.15) is 17.3 Å². The number of benzene rings is 1. The lowest BCUT2D eigenvalue weighted by atomic mass is 10.1. The number of pyridine rings is 1. The van der Waals surface area contributed by atoms with E-state index in [1.807, 2.05) is 30.3 Å². The van der Waals surface area contributed by atoms with Crippen molar-refractivity contribution in [3.05, 3.63) is 70.8 Å². The summed E-state index contributed by atoms with van der Waals surface area (Å²) in [5.41, 5.74) is 1.37. The number of nitrogens with one attached hydrogen (secondary N) is 1. The number of carbonyl (C=O) groups excluding carboxylic acids is 1. The van der Waals surface area contributed by atoms with Gasteiger partial charge in [0, 0.05) is 23.5 Å². The van der Waals surface area contributed by atoms with E-state index in [0.717, 1.165) is 5.56 Å². The van der Waals surface area contributed by atoms with Gasteiger partial charge in [0.2, 0.25) is 0 Å². The summed E-state index contributed by atoms with van der Waals surface area (Å²) in [5.74, 6) is 0.0988. The molecule has 0 radical (unpaired) electrons. The molecule has 0 fully saturated rings. The number of ketones is 1. The molecule has 2 heterocycles. The average molecular weight is 291 g/mol. The van der Waals surface area contributed by atoms with E-state index >= 15 is 0 Å². The van der Waals surface area contributed by atoms with Crippen LogP contribution in [0.15, 0.2) is 59.7 Å². The molecule has 108 valence electrons. The zero-order chi connectivity index (χ0) is 15.5. The predicted molar refractivity (Wildman–Crippen MR) is 83.5 cm³/mol. The highest BCUT2D eigenvalue weighted by Gasteiger charge is 2.17. The van der Waals surface area contributed by atoms with Gasteiger partial charge in [-0.3, -0.25) is 14.6 Å². The zero-order valence-corrected chi connectivity index (χ0v) is 11.9. The summed E-state index contributed by atoms with van der Waals surface area (Å²) in [5, 5.41) is 0. The molecule has 0 bridgehead atoms. The van der Waals surface area contributed by atoms with Crippen molar-refractivity contribution in [3.63, 3.8) is 0 Å². The highest BCUT2D eigenvalue weighted by molar-refractivity contribution is 5.99. The van der Waals surface area contributed by atoms with Gasteiger partial charge in [-0.05, 0) is 19.1 Å². The van der Waals surface area contributed by atoms with Crippen LogP contribution < -0.4 is 5.56 Å². The van der Waals surface area contributed by atoms with E-state index in [4.69, 9.17) is 0 Å². The molecule has 22 heavy (non-hydrogen) atoms. The molecule has 0 amide bonds. The Morgan fingerprint density at radius 3 is 2.41 bits per heavy atom. The summed E-state index contributed by atoms with van der Waals surface area (Å²) in [4.78, 5) is 35.3. The Bertz CT molecular complexity index is 871. The molecule has 2 aromatic heterocycles. The normalized spacial score (nSPS) is 10.4. The quantitative estimate of drug-likeness (QED) is 0.753. The van der Waals surface area contributed by atoms with Crippen molar-refractivity contribution >= 4 is 5.78 Å². The van der Waals surface area contributed by atoms with Gasteiger partial charge in [0.05, 0.1) is 5.69 Å². The van der Waals surface area contributed by atoms with E-state index < -0.39 is 5.56 Å². The molecule has 0 aliphatic heterocycles. The maximum Gasteiger partial charge on any atom is 0.262 e. The number of nitrogens with zero attached hydrogens (tertiary/aromatic N) is 2.